The van der Waals surface area contributed by atoms with Crippen molar-refractivity contribution in [2.45, 2.75) is 25.2 Å². The van der Waals surface area contributed by atoms with Crippen LogP contribution in [0.15, 0.2) is 60.7 Å². The highest BCUT2D eigenvalue weighted by Crippen LogP contribution is 2.24. The molecule has 3 heteroatoms. The first-order chi connectivity index (χ1) is 11.8. The molecular weight excluding hydrogens is 296 g/mol. The summed E-state index contributed by atoms with van der Waals surface area (Å²) in [6.45, 7) is 4.25. The van der Waals surface area contributed by atoms with E-state index in [1.54, 1.807) is 0 Å². The van der Waals surface area contributed by atoms with Crippen LogP contribution in [0.1, 0.15) is 36.3 Å². The highest BCUT2D eigenvalue weighted by molar-refractivity contribution is 5.87. The quantitative estimate of drug-likeness (QED) is 0.792. The van der Waals surface area contributed by atoms with E-state index in [2.05, 4.69) is 10.2 Å². The number of amides is 1. The van der Waals surface area contributed by atoms with Gasteiger partial charge in [-0.3, -0.25) is 4.79 Å². The Balaban J connectivity index is 1.61. The number of carbonyl (C=O) groups excluding carboxylic acids is 1. The summed E-state index contributed by atoms with van der Waals surface area (Å²) in [5.74, 6) is -0.145. The average Bonchev–Trinajstić information content (AvgIpc) is 3.14. The molecule has 0 atom stereocenters. The molecule has 1 N–H and O–H groups in total. The molecule has 126 valence electrons. The zero-order chi connectivity index (χ0) is 16.6. The summed E-state index contributed by atoms with van der Waals surface area (Å²) >= 11 is 0. The minimum Gasteiger partial charge on any atom is -0.355 e. The first-order valence-electron chi connectivity index (χ1n) is 8.94. The second-order valence-corrected chi connectivity index (χ2v) is 6.45. The van der Waals surface area contributed by atoms with Gasteiger partial charge in [0.2, 0.25) is 5.91 Å². The van der Waals surface area contributed by atoms with Crippen LogP contribution in [0.2, 0.25) is 0 Å². The number of benzene rings is 2. The molecule has 0 aromatic heterocycles. The SMILES string of the molecule is O=C(NCCCN1CCCC1)C(c1ccccc1)c1ccccc1. The van der Waals surface area contributed by atoms with E-state index in [9.17, 15) is 4.79 Å². The molecule has 2 aromatic carbocycles. The monoisotopic (exact) mass is 322 g/mol. The number of carbonyl (C=O) groups is 1. The molecule has 1 aliphatic heterocycles. The van der Waals surface area contributed by atoms with E-state index in [0.717, 1.165) is 30.6 Å². The summed E-state index contributed by atoms with van der Waals surface area (Å²) in [5.41, 5.74) is 2.08. The largest absolute Gasteiger partial charge is 0.355 e. The smallest absolute Gasteiger partial charge is 0.232 e. The van der Waals surface area contributed by atoms with Crippen LogP contribution in [-0.2, 0) is 4.79 Å². The Labute approximate surface area is 144 Å². The minimum atomic E-state index is -0.237. The molecule has 2 aromatic rings. The molecule has 0 bridgehead atoms. The summed E-state index contributed by atoms with van der Waals surface area (Å²) in [4.78, 5) is 15.3. The first-order valence-corrected chi connectivity index (χ1v) is 8.94. The highest BCUT2D eigenvalue weighted by atomic mass is 16.1. The summed E-state index contributed by atoms with van der Waals surface area (Å²) < 4.78 is 0. The third-order valence-corrected chi connectivity index (χ3v) is 4.68. The van der Waals surface area contributed by atoms with Crippen LogP contribution in [0.3, 0.4) is 0 Å². The molecule has 24 heavy (non-hydrogen) atoms. The maximum Gasteiger partial charge on any atom is 0.232 e. The molecule has 1 saturated heterocycles. The lowest BCUT2D eigenvalue weighted by molar-refractivity contribution is -0.121. The van der Waals surface area contributed by atoms with Crippen LogP contribution in [0, 0.1) is 0 Å². The van der Waals surface area contributed by atoms with E-state index in [-0.39, 0.29) is 11.8 Å². The predicted octanol–water partition coefficient (Wildman–Crippen LogP) is 3.42. The zero-order valence-electron chi connectivity index (χ0n) is 14.2. The molecular formula is C21H26N2O. The van der Waals surface area contributed by atoms with Gasteiger partial charge in [-0.25, -0.2) is 0 Å². The van der Waals surface area contributed by atoms with Gasteiger partial charge < -0.3 is 10.2 Å². The second-order valence-electron chi connectivity index (χ2n) is 6.45. The van der Waals surface area contributed by atoms with Crippen molar-refractivity contribution in [1.82, 2.24) is 10.2 Å². The van der Waals surface area contributed by atoms with Gasteiger partial charge in [-0.05, 0) is 50.0 Å². The Morgan fingerprint density at radius 3 is 2.00 bits per heavy atom. The van der Waals surface area contributed by atoms with Crippen LogP contribution in [-0.4, -0.2) is 37.0 Å². The van der Waals surface area contributed by atoms with Gasteiger partial charge in [0.1, 0.15) is 0 Å². The second kappa shape index (κ2) is 8.65. The number of hydrogen-bond acceptors (Lipinski definition) is 2. The number of likely N-dealkylation sites (tertiary alicyclic amines) is 1. The number of nitrogens with one attached hydrogen (secondary N) is 1. The third kappa shape index (κ3) is 4.45. The average molecular weight is 322 g/mol. The number of nitrogens with zero attached hydrogens (tertiary/aromatic N) is 1. The molecule has 0 radical (unpaired) electrons. The standard InChI is InChI=1S/C21H26N2O/c24-21(22-14-9-17-23-15-7-8-16-23)20(18-10-3-1-4-11-18)19-12-5-2-6-13-19/h1-6,10-13,20H,7-9,14-17H2,(H,22,24). The number of hydrogen-bond donors (Lipinski definition) is 1. The van der Waals surface area contributed by atoms with Gasteiger partial charge in [0.25, 0.3) is 0 Å². The minimum absolute atomic E-state index is 0.0915. The molecule has 1 aliphatic rings. The van der Waals surface area contributed by atoms with Crippen LogP contribution in [0.5, 0.6) is 0 Å². The summed E-state index contributed by atoms with van der Waals surface area (Å²) in [6, 6.07) is 20.1. The zero-order valence-corrected chi connectivity index (χ0v) is 14.2. The lowest BCUT2D eigenvalue weighted by Crippen LogP contribution is -2.32. The molecule has 3 rings (SSSR count). The van der Waals surface area contributed by atoms with E-state index >= 15 is 0 Å². The fourth-order valence-electron chi connectivity index (χ4n) is 3.41. The number of rotatable bonds is 7. The van der Waals surface area contributed by atoms with Crippen LogP contribution < -0.4 is 5.32 Å². The van der Waals surface area contributed by atoms with E-state index in [0.29, 0.717) is 0 Å². The molecule has 0 saturated carbocycles. The Kier molecular flexibility index (Phi) is 6.02. The lowest BCUT2D eigenvalue weighted by Gasteiger charge is -2.19. The summed E-state index contributed by atoms with van der Waals surface area (Å²) in [7, 11) is 0. The van der Waals surface area contributed by atoms with Gasteiger partial charge >= 0.3 is 0 Å². The van der Waals surface area contributed by atoms with Crippen molar-refractivity contribution in [3.05, 3.63) is 71.8 Å². The van der Waals surface area contributed by atoms with Crippen LogP contribution in [0.25, 0.3) is 0 Å². The van der Waals surface area contributed by atoms with Crippen molar-refractivity contribution in [3.63, 3.8) is 0 Å². The third-order valence-electron chi connectivity index (χ3n) is 4.68. The Morgan fingerprint density at radius 2 is 1.46 bits per heavy atom. The molecule has 1 fully saturated rings. The van der Waals surface area contributed by atoms with Crippen LogP contribution >= 0.6 is 0 Å². The molecule has 1 heterocycles. The maximum absolute atomic E-state index is 12.8. The maximum atomic E-state index is 12.8. The topological polar surface area (TPSA) is 32.3 Å². The van der Waals surface area contributed by atoms with Crippen molar-refractivity contribution in [2.75, 3.05) is 26.2 Å². The summed E-state index contributed by atoms with van der Waals surface area (Å²) in [5, 5.41) is 3.14. The lowest BCUT2D eigenvalue weighted by atomic mass is 9.90. The van der Waals surface area contributed by atoms with Crippen molar-refractivity contribution in [1.29, 1.82) is 0 Å². The fourth-order valence-corrected chi connectivity index (χ4v) is 3.41. The molecule has 0 unspecified atom stereocenters. The fraction of sp³-hybridized carbons (Fsp3) is 0.381. The Bertz CT molecular complexity index is 581. The van der Waals surface area contributed by atoms with Crippen LogP contribution in [0.4, 0.5) is 0 Å². The van der Waals surface area contributed by atoms with Crippen molar-refractivity contribution < 1.29 is 4.79 Å². The van der Waals surface area contributed by atoms with E-state index in [1.807, 2.05) is 60.7 Å². The molecule has 0 aliphatic carbocycles. The van der Waals surface area contributed by atoms with Crippen molar-refractivity contribution >= 4 is 5.91 Å². The predicted molar refractivity (Wildman–Crippen MR) is 98.0 cm³/mol. The van der Waals surface area contributed by atoms with E-state index in [4.69, 9.17) is 0 Å². The van der Waals surface area contributed by atoms with Gasteiger partial charge in [-0.15, -0.1) is 0 Å². The normalized spacial score (nSPS) is 14.9. The van der Waals surface area contributed by atoms with E-state index < -0.39 is 0 Å². The van der Waals surface area contributed by atoms with Gasteiger partial charge in [0, 0.05) is 6.54 Å². The van der Waals surface area contributed by atoms with Gasteiger partial charge in [0.15, 0.2) is 0 Å². The first kappa shape index (κ1) is 16.7. The van der Waals surface area contributed by atoms with Gasteiger partial charge in [-0.1, -0.05) is 60.7 Å². The molecule has 0 spiro atoms. The Hall–Kier alpha value is -2.13. The van der Waals surface area contributed by atoms with Crippen molar-refractivity contribution in [2.24, 2.45) is 0 Å². The van der Waals surface area contributed by atoms with Gasteiger partial charge in [-0.2, -0.15) is 0 Å². The molecule has 3 nitrogen and oxygen atoms in total. The van der Waals surface area contributed by atoms with Crippen molar-refractivity contribution in [3.8, 4) is 0 Å². The summed E-state index contributed by atoms with van der Waals surface area (Å²) in [6.07, 6.45) is 3.65. The highest BCUT2D eigenvalue weighted by Gasteiger charge is 2.22. The van der Waals surface area contributed by atoms with Gasteiger partial charge in [0.05, 0.1) is 5.92 Å². The molecule has 1 amide bonds. The Morgan fingerprint density at radius 1 is 0.917 bits per heavy atom. The van der Waals surface area contributed by atoms with E-state index in [1.165, 1.54) is 25.9 Å².